The first-order valence-electron chi connectivity index (χ1n) is 6.93. The Bertz CT molecular complexity index is 580. The van der Waals surface area contributed by atoms with Crippen molar-refractivity contribution in [2.75, 3.05) is 26.2 Å². The average Bonchev–Trinajstić information content (AvgIpc) is 2.80. The van der Waals surface area contributed by atoms with Gasteiger partial charge in [-0.25, -0.2) is 17.9 Å². The molecule has 0 aliphatic carbocycles. The van der Waals surface area contributed by atoms with Crippen molar-refractivity contribution in [1.29, 1.82) is 0 Å². The summed E-state index contributed by atoms with van der Waals surface area (Å²) < 4.78 is 28.0. The van der Waals surface area contributed by atoms with Gasteiger partial charge in [0.25, 0.3) is 0 Å². The van der Waals surface area contributed by atoms with Crippen molar-refractivity contribution in [1.82, 2.24) is 14.2 Å². The third-order valence-corrected chi connectivity index (χ3v) is 4.64. The van der Waals surface area contributed by atoms with Crippen molar-refractivity contribution < 1.29 is 18.3 Å². The van der Waals surface area contributed by atoms with Gasteiger partial charge < -0.3 is 14.6 Å². The molecule has 0 bridgehead atoms. The predicted molar refractivity (Wildman–Crippen MR) is 80.0 cm³/mol. The topological polar surface area (TPSA) is 91.6 Å². The quantitative estimate of drug-likeness (QED) is 0.701. The molecule has 1 aromatic heterocycles. The zero-order chi connectivity index (χ0) is 16.0. The smallest absolute Gasteiger partial charge is 0.352 e. The van der Waals surface area contributed by atoms with Gasteiger partial charge in [-0.3, -0.25) is 0 Å². The van der Waals surface area contributed by atoms with Crippen LogP contribution in [0.3, 0.4) is 0 Å². The van der Waals surface area contributed by atoms with E-state index in [9.17, 15) is 13.2 Å². The van der Waals surface area contributed by atoms with Crippen LogP contribution in [-0.2, 0) is 17.1 Å². The third kappa shape index (κ3) is 4.83. The summed E-state index contributed by atoms with van der Waals surface area (Å²) in [6.07, 6.45) is 2.32. The number of likely N-dealkylation sites (N-methyl/N-ethyl adjacent to an activating group) is 1. The summed E-state index contributed by atoms with van der Waals surface area (Å²) in [5, 5.41) is 8.94. The second-order valence-corrected chi connectivity index (χ2v) is 6.58. The maximum Gasteiger partial charge on any atom is 0.352 e. The lowest BCUT2D eigenvalue weighted by atomic mass is 10.4. The Labute approximate surface area is 125 Å². The lowest BCUT2D eigenvalue weighted by Gasteiger charge is -2.19. The van der Waals surface area contributed by atoms with Crippen molar-refractivity contribution in [3.05, 3.63) is 18.0 Å². The largest absolute Gasteiger partial charge is 0.477 e. The minimum absolute atomic E-state index is 0.0269. The van der Waals surface area contributed by atoms with Gasteiger partial charge in [0, 0.05) is 26.3 Å². The summed E-state index contributed by atoms with van der Waals surface area (Å²) in [5.74, 6) is -1.15. The number of carboxylic acid groups (broad SMARTS) is 1. The number of aryl methyl sites for hydroxylation is 1. The minimum Gasteiger partial charge on any atom is -0.477 e. The molecule has 1 heterocycles. The van der Waals surface area contributed by atoms with Gasteiger partial charge in [0.05, 0.1) is 0 Å². The molecule has 0 saturated heterocycles. The highest BCUT2D eigenvalue weighted by Gasteiger charge is 2.19. The van der Waals surface area contributed by atoms with Gasteiger partial charge in [0.2, 0.25) is 10.0 Å². The molecule has 0 aromatic carbocycles. The first kappa shape index (κ1) is 17.7. The highest BCUT2D eigenvalue weighted by Crippen LogP contribution is 2.13. The Morgan fingerprint density at radius 3 is 2.52 bits per heavy atom. The van der Waals surface area contributed by atoms with Crippen LogP contribution in [0.25, 0.3) is 0 Å². The fourth-order valence-corrected chi connectivity index (χ4v) is 3.15. The van der Waals surface area contributed by atoms with Gasteiger partial charge in [-0.2, -0.15) is 0 Å². The average molecular weight is 317 g/mol. The molecule has 21 heavy (non-hydrogen) atoms. The molecule has 0 aliphatic rings. The van der Waals surface area contributed by atoms with Crippen LogP contribution in [0.2, 0.25) is 0 Å². The van der Waals surface area contributed by atoms with Crippen molar-refractivity contribution in [2.45, 2.75) is 25.2 Å². The van der Waals surface area contributed by atoms with Crippen LogP contribution in [0.1, 0.15) is 30.8 Å². The third-order valence-electron chi connectivity index (χ3n) is 3.22. The summed E-state index contributed by atoms with van der Waals surface area (Å²) in [6.45, 7) is 6.82. The van der Waals surface area contributed by atoms with Gasteiger partial charge >= 0.3 is 5.97 Å². The Balaban J connectivity index is 2.69. The Morgan fingerprint density at radius 1 is 1.38 bits per heavy atom. The molecule has 0 amide bonds. The first-order chi connectivity index (χ1) is 9.81. The lowest BCUT2D eigenvalue weighted by Crippen LogP contribution is -2.35. The molecule has 2 N–H and O–H groups in total. The molecular weight excluding hydrogens is 294 g/mol. The summed E-state index contributed by atoms with van der Waals surface area (Å²) in [6, 6.07) is 1.16. The van der Waals surface area contributed by atoms with Crippen LogP contribution in [0.4, 0.5) is 0 Å². The molecule has 7 nitrogen and oxygen atoms in total. The number of carboxylic acids is 1. The van der Waals surface area contributed by atoms with Crippen molar-refractivity contribution in [2.24, 2.45) is 7.05 Å². The molecule has 0 spiro atoms. The van der Waals surface area contributed by atoms with E-state index in [1.807, 2.05) is 6.92 Å². The van der Waals surface area contributed by atoms with Crippen molar-refractivity contribution in [3.8, 4) is 0 Å². The second kappa shape index (κ2) is 7.58. The van der Waals surface area contributed by atoms with E-state index < -0.39 is 16.0 Å². The maximum absolute atomic E-state index is 12.1. The summed E-state index contributed by atoms with van der Waals surface area (Å²) in [5.41, 5.74) is -0.0588. The maximum atomic E-state index is 12.1. The van der Waals surface area contributed by atoms with Crippen LogP contribution >= 0.6 is 0 Å². The number of rotatable bonds is 9. The summed E-state index contributed by atoms with van der Waals surface area (Å²) >= 11 is 0. The zero-order valence-electron chi connectivity index (χ0n) is 12.7. The van der Waals surface area contributed by atoms with Gasteiger partial charge in [0.15, 0.2) is 0 Å². The SMILES string of the molecule is CCCN(CC)CCNS(=O)(=O)c1cc(C(=O)O)n(C)c1. The number of aromatic carboxylic acids is 1. The van der Waals surface area contributed by atoms with E-state index in [1.165, 1.54) is 17.8 Å². The van der Waals surface area contributed by atoms with Crippen molar-refractivity contribution >= 4 is 16.0 Å². The molecule has 0 atom stereocenters. The standard InChI is InChI=1S/C13H23N3O4S/c1-4-7-16(5-2)8-6-14-21(19,20)11-9-12(13(17)18)15(3)10-11/h9-10,14H,4-8H2,1-3H3,(H,17,18). The minimum atomic E-state index is -3.68. The van der Waals surface area contributed by atoms with Crippen LogP contribution < -0.4 is 4.72 Å². The fraction of sp³-hybridized carbons (Fsp3) is 0.615. The Kier molecular flexibility index (Phi) is 6.38. The number of carbonyl (C=O) groups is 1. The van der Waals surface area contributed by atoms with Crippen molar-refractivity contribution in [3.63, 3.8) is 0 Å². The van der Waals surface area contributed by atoms with Gasteiger partial charge in [0.1, 0.15) is 10.6 Å². The highest BCUT2D eigenvalue weighted by atomic mass is 32.2. The molecule has 8 heteroatoms. The van der Waals surface area contributed by atoms with E-state index >= 15 is 0 Å². The van der Waals surface area contributed by atoms with E-state index in [1.54, 1.807) is 0 Å². The second-order valence-electron chi connectivity index (χ2n) is 4.81. The normalized spacial score (nSPS) is 12.0. The molecule has 1 rings (SSSR count). The van der Waals surface area contributed by atoms with Gasteiger partial charge in [-0.05, 0) is 25.6 Å². The van der Waals surface area contributed by atoms with Crippen LogP contribution in [-0.4, -0.2) is 55.1 Å². The number of nitrogens with one attached hydrogen (secondary N) is 1. The number of sulfonamides is 1. The molecule has 0 saturated carbocycles. The van der Waals surface area contributed by atoms with Gasteiger partial charge in [-0.1, -0.05) is 13.8 Å². The molecule has 0 unspecified atom stereocenters. The van der Waals surface area contributed by atoms with Crippen LogP contribution in [0, 0.1) is 0 Å². The number of aromatic nitrogens is 1. The predicted octanol–water partition coefficient (Wildman–Crippen LogP) is 0.734. The zero-order valence-corrected chi connectivity index (χ0v) is 13.5. The van der Waals surface area contributed by atoms with E-state index in [2.05, 4.69) is 16.5 Å². The van der Waals surface area contributed by atoms with Crippen LogP contribution in [0.5, 0.6) is 0 Å². The number of hydrogen-bond acceptors (Lipinski definition) is 4. The highest BCUT2D eigenvalue weighted by molar-refractivity contribution is 7.89. The molecule has 1 aromatic rings. The Morgan fingerprint density at radius 2 is 2.05 bits per heavy atom. The lowest BCUT2D eigenvalue weighted by molar-refractivity contribution is 0.0686. The van der Waals surface area contributed by atoms with E-state index in [0.29, 0.717) is 13.1 Å². The Hall–Kier alpha value is -1.38. The van der Waals surface area contributed by atoms with Crippen LogP contribution in [0.15, 0.2) is 17.2 Å². The summed E-state index contributed by atoms with van der Waals surface area (Å²) in [7, 11) is -2.17. The number of hydrogen-bond donors (Lipinski definition) is 2. The molecular formula is C13H23N3O4S. The fourth-order valence-electron chi connectivity index (χ4n) is 2.06. The molecule has 120 valence electrons. The van der Waals surface area contributed by atoms with E-state index in [0.717, 1.165) is 25.6 Å². The molecule has 0 aliphatic heterocycles. The van der Waals surface area contributed by atoms with Gasteiger partial charge in [-0.15, -0.1) is 0 Å². The summed E-state index contributed by atoms with van der Waals surface area (Å²) in [4.78, 5) is 13.1. The van der Waals surface area contributed by atoms with E-state index in [-0.39, 0.29) is 10.6 Å². The van der Waals surface area contributed by atoms with E-state index in [4.69, 9.17) is 5.11 Å². The number of nitrogens with zero attached hydrogens (tertiary/aromatic N) is 2. The monoisotopic (exact) mass is 317 g/mol. The molecule has 0 radical (unpaired) electrons. The first-order valence-corrected chi connectivity index (χ1v) is 8.41. The molecule has 0 fully saturated rings.